The van der Waals surface area contributed by atoms with E-state index in [4.69, 9.17) is 18.7 Å². The number of rotatable bonds is 5. The summed E-state index contributed by atoms with van der Waals surface area (Å²) in [5.74, 6) is 1.52. The molecule has 7 heteroatoms. The molecule has 1 spiro atoms. The molecule has 7 nitrogen and oxygen atoms in total. The molecule has 1 amide bonds. The van der Waals surface area contributed by atoms with Crippen molar-refractivity contribution >= 4 is 5.91 Å². The van der Waals surface area contributed by atoms with Crippen LogP contribution in [-0.2, 0) is 4.74 Å². The summed E-state index contributed by atoms with van der Waals surface area (Å²) in [6, 6.07) is 7.13. The SMILES string of the molecule is COc1ccc(OC)c(-c2cc(C(=O)N[C@@H]3CCOC4(CCCC4)C3)no2)c1. The first-order valence-electron chi connectivity index (χ1n) is 9.76. The van der Waals surface area contributed by atoms with E-state index < -0.39 is 0 Å². The number of carbonyl (C=O) groups excluding carboxylic acids is 1. The van der Waals surface area contributed by atoms with Gasteiger partial charge in [-0.3, -0.25) is 4.79 Å². The van der Waals surface area contributed by atoms with Crippen LogP contribution in [0.1, 0.15) is 49.0 Å². The van der Waals surface area contributed by atoms with Gasteiger partial charge in [0.05, 0.1) is 25.4 Å². The topological polar surface area (TPSA) is 82.8 Å². The van der Waals surface area contributed by atoms with Gasteiger partial charge in [0.1, 0.15) is 11.5 Å². The highest BCUT2D eigenvalue weighted by Crippen LogP contribution is 2.40. The second-order valence-electron chi connectivity index (χ2n) is 7.54. The molecule has 0 bridgehead atoms. The van der Waals surface area contributed by atoms with E-state index in [9.17, 15) is 4.79 Å². The highest BCUT2D eigenvalue weighted by Gasteiger charge is 2.40. The van der Waals surface area contributed by atoms with E-state index in [1.54, 1.807) is 38.5 Å². The number of ether oxygens (including phenoxy) is 3. The van der Waals surface area contributed by atoms with E-state index in [-0.39, 0.29) is 23.2 Å². The average molecular weight is 386 g/mol. The largest absolute Gasteiger partial charge is 0.497 e. The summed E-state index contributed by atoms with van der Waals surface area (Å²) in [4.78, 5) is 12.7. The maximum atomic E-state index is 12.7. The van der Waals surface area contributed by atoms with Gasteiger partial charge in [0.15, 0.2) is 11.5 Å². The summed E-state index contributed by atoms with van der Waals surface area (Å²) >= 11 is 0. The third kappa shape index (κ3) is 3.71. The lowest BCUT2D eigenvalue weighted by atomic mass is 9.89. The number of methoxy groups -OCH3 is 2. The first-order chi connectivity index (χ1) is 13.6. The van der Waals surface area contributed by atoms with Gasteiger partial charge in [-0.05, 0) is 43.9 Å². The lowest BCUT2D eigenvalue weighted by Crippen LogP contribution is -2.47. The standard InChI is InChI=1S/C21H26N2O5/c1-25-15-5-6-18(26-2)16(11-15)19-12-17(23-28-19)20(24)22-14-7-10-27-21(13-14)8-3-4-9-21/h5-6,11-12,14H,3-4,7-10,13H2,1-2H3,(H,22,24)/t14-/m1/s1. The Hall–Kier alpha value is -2.54. The number of nitrogens with one attached hydrogen (secondary N) is 1. The average Bonchev–Trinajstić information content (AvgIpc) is 3.38. The van der Waals surface area contributed by atoms with Crippen LogP contribution in [0.15, 0.2) is 28.8 Å². The molecule has 1 atom stereocenters. The van der Waals surface area contributed by atoms with Crippen LogP contribution in [0.25, 0.3) is 11.3 Å². The number of amides is 1. The Morgan fingerprint density at radius 1 is 1.21 bits per heavy atom. The third-order valence-electron chi connectivity index (χ3n) is 5.76. The van der Waals surface area contributed by atoms with Crippen molar-refractivity contribution in [2.75, 3.05) is 20.8 Å². The first kappa shape index (κ1) is 18.8. The lowest BCUT2D eigenvalue weighted by Gasteiger charge is -2.38. The Kier molecular flexibility index (Phi) is 5.26. The molecule has 2 aromatic rings. The summed E-state index contributed by atoms with van der Waals surface area (Å²) in [5.41, 5.74) is 0.898. The molecule has 1 aliphatic carbocycles. The Balaban J connectivity index is 1.48. The fraction of sp³-hybridized carbons (Fsp3) is 0.524. The van der Waals surface area contributed by atoms with Crippen molar-refractivity contribution in [3.05, 3.63) is 30.0 Å². The number of nitrogens with zero attached hydrogens (tertiary/aromatic N) is 1. The number of carbonyl (C=O) groups is 1. The van der Waals surface area contributed by atoms with Crippen molar-refractivity contribution < 1.29 is 23.5 Å². The van der Waals surface area contributed by atoms with Crippen molar-refractivity contribution in [3.8, 4) is 22.8 Å². The molecule has 1 N–H and O–H groups in total. The molecule has 1 saturated heterocycles. The Labute approximate surface area is 164 Å². The van der Waals surface area contributed by atoms with E-state index in [0.717, 1.165) is 25.7 Å². The van der Waals surface area contributed by atoms with E-state index in [2.05, 4.69) is 10.5 Å². The quantitative estimate of drug-likeness (QED) is 0.846. The van der Waals surface area contributed by atoms with Gasteiger partial charge in [-0.1, -0.05) is 18.0 Å². The van der Waals surface area contributed by atoms with Gasteiger partial charge in [0, 0.05) is 18.7 Å². The molecule has 28 heavy (non-hydrogen) atoms. The molecule has 1 aliphatic heterocycles. The summed E-state index contributed by atoms with van der Waals surface area (Å²) < 4.78 is 22.1. The van der Waals surface area contributed by atoms with E-state index >= 15 is 0 Å². The van der Waals surface area contributed by atoms with Gasteiger partial charge in [-0.25, -0.2) is 0 Å². The summed E-state index contributed by atoms with van der Waals surface area (Å²) in [6.07, 6.45) is 6.27. The van der Waals surface area contributed by atoms with Gasteiger partial charge in [0.2, 0.25) is 0 Å². The monoisotopic (exact) mass is 386 g/mol. The van der Waals surface area contributed by atoms with Crippen molar-refractivity contribution in [1.29, 1.82) is 0 Å². The van der Waals surface area contributed by atoms with Crippen LogP contribution in [0.4, 0.5) is 0 Å². The predicted molar refractivity (Wildman–Crippen MR) is 103 cm³/mol. The van der Waals surface area contributed by atoms with Crippen molar-refractivity contribution in [2.45, 2.75) is 50.2 Å². The van der Waals surface area contributed by atoms with Crippen LogP contribution < -0.4 is 14.8 Å². The van der Waals surface area contributed by atoms with E-state index in [0.29, 0.717) is 29.4 Å². The maximum Gasteiger partial charge on any atom is 0.273 e. The van der Waals surface area contributed by atoms with Crippen LogP contribution in [0.2, 0.25) is 0 Å². The second kappa shape index (κ2) is 7.83. The zero-order chi connectivity index (χ0) is 19.6. The molecule has 1 aromatic carbocycles. The van der Waals surface area contributed by atoms with Crippen LogP contribution in [0, 0.1) is 0 Å². The molecule has 2 aliphatic rings. The minimum absolute atomic E-state index is 0.0425. The summed E-state index contributed by atoms with van der Waals surface area (Å²) in [6.45, 7) is 0.690. The van der Waals surface area contributed by atoms with Crippen LogP contribution in [-0.4, -0.2) is 43.5 Å². The number of aromatic nitrogens is 1. The first-order valence-corrected chi connectivity index (χ1v) is 9.76. The van der Waals surface area contributed by atoms with E-state index in [1.807, 2.05) is 0 Å². The molecule has 2 fully saturated rings. The Morgan fingerprint density at radius 3 is 2.79 bits per heavy atom. The van der Waals surface area contributed by atoms with Gasteiger partial charge < -0.3 is 24.1 Å². The van der Waals surface area contributed by atoms with Gasteiger partial charge in [-0.2, -0.15) is 0 Å². The minimum atomic E-state index is -0.225. The smallest absolute Gasteiger partial charge is 0.273 e. The molecule has 0 unspecified atom stereocenters. The maximum absolute atomic E-state index is 12.7. The zero-order valence-corrected chi connectivity index (χ0v) is 16.3. The van der Waals surface area contributed by atoms with Crippen molar-refractivity contribution in [1.82, 2.24) is 10.5 Å². The predicted octanol–water partition coefficient (Wildman–Crippen LogP) is 3.58. The van der Waals surface area contributed by atoms with Crippen molar-refractivity contribution in [3.63, 3.8) is 0 Å². The van der Waals surface area contributed by atoms with Crippen molar-refractivity contribution in [2.24, 2.45) is 0 Å². The van der Waals surface area contributed by atoms with Crippen LogP contribution in [0.5, 0.6) is 11.5 Å². The molecule has 1 aromatic heterocycles. The number of hydrogen-bond donors (Lipinski definition) is 1. The van der Waals surface area contributed by atoms with Gasteiger partial charge in [-0.15, -0.1) is 0 Å². The zero-order valence-electron chi connectivity index (χ0n) is 16.3. The highest BCUT2D eigenvalue weighted by molar-refractivity contribution is 5.93. The fourth-order valence-electron chi connectivity index (χ4n) is 4.29. The molecule has 0 radical (unpaired) electrons. The molecular weight excluding hydrogens is 360 g/mol. The van der Waals surface area contributed by atoms with E-state index in [1.165, 1.54) is 12.8 Å². The Bertz CT molecular complexity index is 841. The highest BCUT2D eigenvalue weighted by atomic mass is 16.5. The normalized spacial score (nSPS) is 20.9. The van der Waals surface area contributed by atoms with Crippen LogP contribution >= 0.6 is 0 Å². The fourth-order valence-corrected chi connectivity index (χ4v) is 4.29. The molecule has 150 valence electrons. The lowest BCUT2D eigenvalue weighted by molar-refractivity contribution is -0.0823. The third-order valence-corrected chi connectivity index (χ3v) is 5.76. The minimum Gasteiger partial charge on any atom is -0.497 e. The Morgan fingerprint density at radius 2 is 2.04 bits per heavy atom. The van der Waals surface area contributed by atoms with Gasteiger partial charge in [0.25, 0.3) is 5.91 Å². The summed E-state index contributed by atoms with van der Waals surface area (Å²) in [5, 5.41) is 7.07. The molecular formula is C21H26N2O5. The van der Waals surface area contributed by atoms with Gasteiger partial charge >= 0.3 is 0 Å². The van der Waals surface area contributed by atoms with Crippen LogP contribution in [0.3, 0.4) is 0 Å². The molecule has 1 saturated carbocycles. The molecule has 2 heterocycles. The summed E-state index contributed by atoms with van der Waals surface area (Å²) in [7, 11) is 3.18. The molecule has 4 rings (SSSR count). The number of benzene rings is 1. The number of hydrogen-bond acceptors (Lipinski definition) is 6. The second-order valence-corrected chi connectivity index (χ2v) is 7.54.